The number of hydrogen-bond donors (Lipinski definition) is 1. The molecule has 13 heteroatoms. The number of hydrogen-bond acceptors (Lipinski definition) is 9. The maximum absolute atomic E-state index is 14.0. The summed E-state index contributed by atoms with van der Waals surface area (Å²) in [4.78, 5) is 33.0. The van der Waals surface area contributed by atoms with E-state index in [0.717, 1.165) is 25.9 Å². The van der Waals surface area contributed by atoms with Crippen LogP contribution in [0, 0.1) is 0 Å². The minimum Gasteiger partial charge on any atom is -0.495 e. The molecule has 6 rings (SSSR count). The highest BCUT2D eigenvalue weighted by Crippen LogP contribution is 2.43. The SMILES string of the molecule is COc1ccc(N2C(=O)N(c3c(CF)csc3Cl)Cc3cnc(Nc4ccc(C5CCN(C)CC5)cc4OC)nc32)nc1. The van der Waals surface area contributed by atoms with Gasteiger partial charge in [0.1, 0.15) is 28.3 Å². The van der Waals surface area contributed by atoms with Gasteiger partial charge in [0, 0.05) is 22.7 Å². The number of anilines is 5. The van der Waals surface area contributed by atoms with Gasteiger partial charge in [-0.3, -0.25) is 4.90 Å². The summed E-state index contributed by atoms with van der Waals surface area (Å²) < 4.78 is 25.2. The van der Waals surface area contributed by atoms with Crippen molar-refractivity contribution in [2.45, 2.75) is 32.0 Å². The molecule has 1 fully saturated rings. The Bertz CT molecular complexity index is 1630. The van der Waals surface area contributed by atoms with E-state index in [9.17, 15) is 9.18 Å². The number of piperidine rings is 1. The second kappa shape index (κ2) is 12.3. The summed E-state index contributed by atoms with van der Waals surface area (Å²) in [5.41, 5.74) is 3.25. The Labute approximate surface area is 258 Å². The Hall–Kier alpha value is -4.00. The minimum absolute atomic E-state index is 0.110. The zero-order valence-electron chi connectivity index (χ0n) is 24.0. The highest BCUT2D eigenvalue weighted by atomic mass is 35.5. The lowest BCUT2D eigenvalue weighted by Crippen LogP contribution is -2.46. The van der Waals surface area contributed by atoms with Gasteiger partial charge < -0.3 is 19.7 Å². The van der Waals surface area contributed by atoms with Crippen molar-refractivity contribution >= 4 is 57.9 Å². The molecule has 1 saturated heterocycles. The zero-order valence-corrected chi connectivity index (χ0v) is 25.6. The molecule has 0 bridgehead atoms. The Morgan fingerprint density at radius 1 is 1.12 bits per heavy atom. The average molecular weight is 624 g/mol. The van der Waals surface area contributed by atoms with Gasteiger partial charge in [-0.25, -0.2) is 24.1 Å². The van der Waals surface area contributed by atoms with Crippen molar-refractivity contribution in [3.63, 3.8) is 0 Å². The molecule has 43 heavy (non-hydrogen) atoms. The van der Waals surface area contributed by atoms with Gasteiger partial charge in [0.05, 0.1) is 38.3 Å². The van der Waals surface area contributed by atoms with Crippen LogP contribution in [0.2, 0.25) is 4.34 Å². The topological polar surface area (TPSA) is 96.0 Å². The van der Waals surface area contributed by atoms with Crippen LogP contribution in [0.1, 0.15) is 35.4 Å². The molecule has 0 unspecified atom stereocenters. The summed E-state index contributed by atoms with van der Waals surface area (Å²) in [5.74, 6) is 2.64. The largest absolute Gasteiger partial charge is 0.495 e. The first-order chi connectivity index (χ1) is 20.9. The van der Waals surface area contributed by atoms with Crippen LogP contribution >= 0.6 is 22.9 Å². The molecule has 1 N–H and O–H groups in total. The van der Waals surface area contributed by atoms with E-state index >= 15 is 0 Å². The number of fused-ring (bicyclic) bond motifs is 1. The summed E-state index contributed by atoms with van der Waals surface area (Å²) in [6.07, 6.45) is 5.37. The number of alkyl halides is 1. The summed E-state index contributed by atoms with van der Waals surface area (Å²) in [5, 5.41) is 4.88. The van der Waals surface area contributed by atoms with Crippen molar-refractivity contribution in [2.75, 3.05) is 49.5 Å². The Morgan fingerprint density at radius 2 is 1.93 bits per heavy atom. The monoisotopic (exact) mass is 623 g/mol. The van der Waals surface area contributed by atoms with Crippen LogP contribution in [0.3, 0.4) is 0 Å². The lowest BCUT2D eigenvalue weighted by Gasteiger charge is -2.35. The normalized spacial score (nSPS) is 15.9. The molecule has 4 aromatic rings. The fourth-order valence-corrected chi connectivity index (χ4v) is 6.61. The number of carbonyl (C=O) groups excluding carboxylic acids is 1. The number of urea groups is 1. The van der Waals surface area contributed by atoms with Crippen LogP contribution < -0.4 is 24.6 Å². The van der Waals surface area contributed by atoms with Crippen molar-refractivity contribution in [2.24, 2.45) is 0 Å². The molecule has 2 amide bonds. The number of thiophene rings is 1. The van der Waals surface area contributed by atoms with Crippen molar-refractivity contribution in [1.29, 1.82) is 0 Å². The molecule has 1 aromatic carbocycles. The molecule has 0 aliphatic carbocycles. The number of halogens is 2. The Morgan fingerprint density at radius 3 is 2.63 bits per heavy atom. The fourth-order valence-electron chi connectivity index (χ4n) is 5.48. The van der Waals surface area contributed by atoms with E-state index in [1.54, 1.807) is 30.8 Å². The van der Waals surface area contributed by atoms with Gasteiger partial charge >= 0.3 is 6.03 Å². The standard InChI is InChI=1S/C30H31ClFN7O3S/c1-37-10-8-18(9-11-37)19-4-6-23(24(12-19)42-3)35-29-34-14-21-16-38(26-20(13-32)17-43-27(26)31)30(40)39(28(21)36-29)25-7-5-22(41-2)15-33-25/h4-7,12,14-15,17-18H,8-11,13,16H2,1-3H3,(H,34,35,36). The highest BCUT2D eigenvalue weighted by molar-refractivity contribution is 7.15. The van der Waals surface area contributed by atoms with Gasteiger partial charge in [-0.05, 0) is 68.7 Å². The van der Waals surface area contributed by atoms with E-state index in [1.807, 2.05) is 6.07 Å². The molecule has 224 valence electrons. The summed E-state index contributed by atoms with van der Waals surface area (Å²) >= 11 is 7.62. The van der Waals surface area contributed by atoms with Crippen molar-refractivity contribution in [3.8, 4) is 11.5 Å². The predicted molar refractivity (Wildman–Crippen MR) is 166 cm³/mol. The third-order valence-electron chi connectivity index (χ3n) is 7.86. The number of likely N-dealkylation sites (tertiary alicyclic amines) is 1. The highest BCUT2D eigenvalue weighted by Gasteiger charge is 2.37. The quantitative estimate of drug-likeness (QED) is 0.226. The number of rotatable bonds is 8. The molecule has 2 aliphatic heterocycles. The number of nitrogens with zero attached hydrogens (tertiary/aromatic N) is 6. The van der Waals surface area contributed by atoms with Gasteiger partial charge in [0.25, 0.3) is 0 Å². The van der Waals surface area contributed by atoms with E-state index in [0.29, 0.717) is 55.9 Å². The van der Waals surface area contributed by atoms with Gasteiger partial charge in [-0.1, -0.05) is 17.7 Å². The number of carbonyl (C=O) groups is 1. The van der Waals surface area contributed by atoms with E-state index < -0.39 is 12.7 Å². The zero-order chi connectivity index (χ0) is 30.1. The first-order valence-corrected chi connectivity index (χ1v) is 15.1. The number of nitrogens with one attached hydrogen (secondary N) is 1. The van der Waals surface area contributed by atoms with E-state index in [-0.39, 0.29) is 12.5 Å². The maximum atomic E-state index is 14.0. The molecule has 0 spiro atoms. The second-order valence-corrected chi connectivity index (χ2v) is 12.0. The predicted octanol–water partition coefficient (Wildman–Crippen LogP) is 6.90. The second-order valence-electron chi connectivity index (χ2n) is 10.5. The first-order valence-electron chi connectivity index (χ1n) is 13.8. The van der Waals surface area contributed by atoms with Crippen LogP contribution in [0.15, 0.2) is 48.1 Å². The third-order valence-corrected chi connectivity index (χ3v) is 9.11. The van der Waals surface area contributed by atoms with Crippen molar-refractivity contribution in [1.82, 2.24) is 19.9 Å². The molecule has 0 atom stereocenters. The molecule has 10 nitrogen and oxygen atoms in total. The molecule has 0 radical (unpaired) electrons. The summed E-state index contributed by atoms with van der Waals surface area (Å²) in [7, 11) is 5.33. The third kappa shape index (κ3) is 5.69. The van der Waals surface area contributed by atoms with Crippen molar-refractivity contribution < 1.29 is 18.7 Å². The van der Waals surface area contributed by atoms with E-state index in [2.05, 4.69) is 39.4 Å². The van der Waals surface area contributed by atoms with Crippen LogP contribution in [-0.4, -0.2) is 60.2 Å². The smallest absolute Gasteiger partial charge is 0.336 e. The van der Waals surface area contributed by atoms with Crippen LogP contribution in [0.5, 0.6) is 11.5 Å². The number of benzene rings is 1. The van der Waals surface area contributed by atoms with Gasteiger partial charge in [-0.2, -0.15) is 4.98 Å². The number of amides is 2. The lowest BCUT2D eigenvalue weighted by atomic mass is 9.89. The molecule has 0 saturated carbocycles. The Balaban J connectivity index is 1.35. The van der Waals surface area contributed by atoms with E-state index in [1.165, 1.54) is 40.0 Å². The minimum atomic E-state index is -0.756. The van der Waals surface area contributed by atoms with E-state index in [4.69, 9.17) is 26.1 Å². The molecule has 5 heterocycles. The number of ether oxygens (including phenoxy) is 2. The Kier molecular flexibility index (Phi) is 8.33. The number of pyridine rings is 1. The van der Waals surface area contributed by atoms with Crippen LogP contribution in [-0.2, 0) is 13.2 Å². The summed E-state index contributed by atoms with van der Waals surface area (Å²) in [6.45, 7) is 1.49. The van der Waals surface area contributed by atoms with Gasteiger partial charge in [0.2, 0.25) is 5.95 Å². The number of aromatic nitrogens is 3. The van der Waals surface area contributed by atoms with Crippen molar-refractivity contribution in [3.05, 3.63) is 69.1 Å². The van der Waals surface area contributed by atoms with Crippen LogP contribution in [0.4, 0.5) is 38.1 Å². The maximum Gasteiger partial charge on any atom is 0.336 e. The molecule has 3 aromatic heterocycles. The van der Waals surface area contributed by atoms with Gasteiger partial charge in [0.15, 0.2) is 5.82 Å². The molecular weight excluding hydrogens is 593 g/mol. The first kappa shape index (κ1) is 29.1. The van der Waals surface area contributed by atoms with Crippen LogP contribution in [0.25, 0.3) is 0 Å². The average Bonchev–Trinajstić information content (AvgIpc) is 3.41. The summed E-state index contributed by atoms with van der Waals surface area (Å²) in [6, 6.07) is 9.05. The van der Waals surface area contributed by atoms with Gasteiger partial charge in [-0.15, -0.1) is 11.3 Å². The molecular formula is C30H31ClFN7O3S. The molecule has 2 aliphatic rings. The lowest BCUT2D eigenvalue weighted by molar-refractivity contribution is 0.252. The fraction of sp³-hybridized carbons (Fsp3) is 0.333. The number of methoxy groups -OCH3 is 2.